The van der Waals surface area contributed by atoms with Gasteiger partial charge in [-0.05, 0) is 37.3 Å². The fourth-order valence-corrected chi connectivity index (χ4v) is 4.09. The molecule has 1 aliphatic carbocycles. The fourth-order valence-electron chi connectivity index (χ4n) is 2.83. The van der Waals surface area contributed by atoms with Gasteiger partial charge in [0.05, 0.1) is 10.5 Å². The van der Waals surface area contributed by atoms with Crippen LogP contribution in [0.5, 0.6) is 5.75 Å². The van der Waals surface area contributed by atoms with E-state index in [4.69, 9.17) is 4.74 Å². The molecule has 0 atom stereocenters. The average molecular weight is 375 g/mol. The number of benzene rings is 1. The van der Waals surface area contributed by atoms with Crippen LogP contribution >= 0.6 is 11.3 Å². The lowest BCUT2D eigenvalue weighted by Crippen LogP contribution is -2.20. The third kappa shape index (κ3) is 3.65. The summed E-state index contributed by atoms with van der Waals surface area (Å²) in [4.78, 5) is 23.5. The number of halogens is 1. The number of nitro benzene ring substituents is 1. The van der Waals surface area contributed by atoms with Gasteiger partial charge in [-0.3, -0.25) is 14.9 Å². The van der Waals surface area contributed by atoms with Crippen molar-refractivity contribution in [2.45, 2.75) is 25.7 Å². The summed E-state index contributed by atoms with van der Waals surface area (Å²) >= 11 is 1.37. The number of thiophene rings is 1. The number of nitriles is 1. The van der Waals surface area contributed by atoms with Gasteiger partial charge in [0.25, 0.3) is 5.91 Å². The Morgan fingerprint density at radius 3 is 2.92 bits per heavy atom. The van der Waals surface area contributed by atoms with Crippen LogP contribution in [-0.4, -0.2) is 17.4 Å². The molecule has 0 bridgehead atoms. The highest BCUT2D eigenvalue weighted by molar-refractivity contribution is 7.16. The van der Waals surface area contributed by atoms with Gasteiger partial charge in [0.15, 0.2) is 6.61 Å². The Balaban J connectivity index is 1.71. The summed E-state index contributed by atoms with van der Waals surface area (Å²) in [5.41, 5.74) is 1.03. The number of nitrogens with one attached hydrogen (secondary N) is 1. The lowest BCUT2D eigenvalue weighted by Gasteiger charge is -2.09. The molecule has 7 nitrogen and oxygen atoms in total. The number of rotatable bonds is 5. The number of amides is 1. The summed E-state index contributed by atoms with van der Waals surface area (Å²) in [5.74, 6) is -1.60. The van der Waals surface area contributed by atoms with Gasteiger partial charge >= 0.3 is 5.69 Å². The minimum atomic E-state index is -0.714. The van der Waals surface area contributed by atoms with Gasteiger partial charge in [-0.15, -0.1) is 11.3 Å². The van der Waals surface area contributed by atoms with E-state index in [1.54, 1.807) is 0 Å². The van der Waals surface area contributed by atoms with Gasteiger partial charge in [0.1, 0.15) is 16.9 Å². The first-order valence-electron chi connectivity index (χ1n) is 7.91. The second kappa shape index (κ2) is 7.49. The Hall–Kier alpha value is -2.99. The van der Waals surface area contributed by atoms with Gasteiger partial charge in [-0.2, -0.15) is 5.26 Å². The zero-order valence-corrected chi connectivity index (χ0v) is 14.4. The van der Waals surface area contributed by atoms with Crippen LogP contribution in [0.1, 0.15) is 28.8 Å². The Labute approximate surface area is 152 Å². The summed E-state index contributed by atoms with van der Waals surface area (Å²) in [6, 6.07) is 4.91. The largest absolute Gasteiger partial charge is 0.477 e. The van der Waals surface area contributed by atoms with E-state index in [1.165, 1.54) is 11.3 Å². The lowest BCUT2D eigenvalue weighted by molar-refractivity contribution is -0.385. The smallest absolute Gasteiger partial charge is 0.311 e. The van der Waals surface area contributed by atoms with E-state index in [2.05, 4.69) is 11.4 Å². The van der Waals surface area contributed by atoms with Gasteiger partial charge < -0.3 is 10.1 Å². The maximum atomic E-state index is 13.3. The summed E-state index contributed by atoms with van der Waals surface area (Å²) in [7, 11) is 0. The number of anilines is 1. The fraction of sp³-hybridized carbons (Fsp3) is 0.294. The first kappa shape index (κ1) is 17.8. The second-order valence-electron chi connectivity index (χ2n) is 5.73. The number of fused-ring (bicyclic) bond motifs is 1. The monoisotopic (exact) mass is 375 g/mol. The van der Waals surface area contributed by atoms with Crippen molar-refractivity contribution in [3.8, 4) is 11.8 Å². The van der Waals surface area contributed by atoms with Crippen LogP contribution < -0.4 is 10.1 Å². The summed E-state index contributed by atoms with van der Waals surface area (Å²) in [5, 5.41) is 23.4. The molecule has 1 amide bonds. The number of nitro groups is 1. The molecule has 2 aromatic rings. The van der Waals surface area contributed by atoms with Crippen molar-refractivity contribution in [1.82, 2.24) is 0 Å². The lowest BCUT2D eigenvalue weighted by atomic mass is 9.96. The van der Waals surface area contributed by atoms with Crippen molar-refractivity contribution in [3.63, 3.8) is 0 Å². The van der Waals surface area contributed by atoms with Crippen LogP contribution in [0.25, 0.3) is 0 Å². The minimum absolute atomic E-state index is 0.323. The third-order valence-electron chi connectivity index (χ3n) is 4.01. The van der Waals surface area contributed by atoms with Crippen LogP contribution in [0.2, 0.25) is 0 Å². The molecule has 0 fully saturated rings. The number of aryl methyl sites for hydroxylation is 1. The quantitative estimate of drug-likeness (QED) is 0.635. The van der Waals surface area contributed by atoms with E-state index < -0.39 is 28.9 Å². The van der Waals surface area contributed by atoms with Crippen molar-refractivity contribution >= 4 is 27.9 Å². The molecular weight excluding hydrogens is 361 g/mol. The molecule has 3 rings (SSSR count). The Bertz CT molecular complexity index is 919. The van der Waals surface area contributed by atoms with E-state index in [0.717, 1.165) is 54.3 Å². The molecule has 1 N–H and O–H groups in total. The summed E-state index contributed by atoms with van der Waals surface area (Å²) in [6.45, 7) is -0.530. The topological polar surface area (TPSA) is 105 Å². The molecule has 0 unspecified atom stereocenters. The molecule has 1 aromatic carbocycles. The van der Waals surface area contributed by atoms with Gasteiger partial charge in [0.2, 0.25) is 5.75 Å². The van der Waals surface area contributed by atoms with Crippen LogP contribution in [0.15, 0.2) is 18.2 Å². The van der Waals surface area contributed by atoms with Crippen molar-refractivity contribution in [2.24, 2.45) is 0 Å². The van der Waals surface area contributed by atoms with E-state index in [0.29, 0.717) is 10.6 Å². The molecular formula is C17H14FN3O4S. The maximum absolute atomic E-state index is 13.3. The van der Waals surface area contributed by atoms with E-state index in [9.17, 15) is 24.6 Å². The number of ether oxygens (including phenoxy) is 1. The predicted octanol–water partition coefficient (Wildman–Crippen LogP) is 3.56. The second-order valence-corrected chi connectivity index (χ2v) is 6.84. The Morgan fingerprint density at radius 1 is 1.42 bits per heavy atom. The minimum Gasteiger partial charge on any atom is -0.477 e. The molecule has 1 aromatic heterocycles. The highest BCUT2D eigenvalue weighted by Gasteiger charge is 2.22. The van der Waals surface area contributed by atoms with E-state index >= 15 is 0 Å². The molecule has 0 radical (unpaired) electrons. The van der Waals surface area contributed by atoms with Crippen molar-refractivity contribution < 1.29 is 18.8 Å². The van der Waals surface area contributed by atoms with Crippen LogP contribution in [0.3, 0.4) is 0 Å². The SMILES string of the molecule is N#Cc1c(NC(=O)COc2cc(F)ccc2[N+](=O)[O-])sc2c1CCCC2. The van der Waals surface area contributed by atoms with Crippen molar-refractivity contribution in [1.29, 1.82) is 5.26 Å². The van der Waals surface area contributed by atoms with Crippen molar-refractivity contribution in [3.05, 3.63) is 50.1 Å². The number of hydrogen-bond donors (Lipinski definition) is 1. The van der Waals surface area contributed by atoms with E-state index in [1.807, 2.05) is 0 Å². The molecule has 9 heteroatoms. The maximum Gasteiger partial charge on any atom is 0.311 e. The first-order valence-corrected chi connectivity index (χ1v) is 8.72. The van der Waals surface area contributed by atoms with Gasteiger partial charge in [-0.25, -0.2) is 4.39 Å². The highest BCUT2D eigenvalue weighted by atomic mass is 32.1. The molecule has 1 aliphatic rings. The normalized spacial score (nSPS) is 12.8. The van der Waals surface area contributed by atoms with Gasteiger partial charge in [0, 0.05) is 17.0 Å². The zero-order valence-electron chi connectivity index (χ0n) is 13.6. The van der Waals surface area contributed by atoms with E-state index in [-0.39, 0.29) is 5.75 Å². The molecule has 134 valence electrons. The van der Waals surface area contributed by atoms with Crippen LogP contribution in [-0.2, 0) is 17.6 Å². The molecule has 0 saturated carbocycles. The molecule has 26 heavy (non-hydrogen) atoms. The van der Waals surface area contributed by atoms with Crippen LogP contribution in [0, 0.1) is 27.3 Å². The molecule has 1 heterocycles. The summed E-state index contributed by atoms with van der Waals surface area (Å²) < 4.78 is 18.4. The average Bonchev–Trinajstić information content (AvgIpc) is 2.96. The number of carbonyl (C=O) groups is 1. The highest BCUT2D eigenvalue weighted by Crippen LogP contribution is 2.37. The van der Waals surface area contributed by atoms with Crippen LogP contribution in [0.4, 0.5) is 15.1 Å². The molecule has 0 spiro atoms. The van der Waals surface area contributed by atoms with Crippen molar-refractivity contribution in [2.75, 3.05) is 11.9 Å². The number of carbonyl (C=O) groups excluding carboxylic acids is 1. The molecule has 0 aliphatic heterocycles. The zero-order chi connectivity index (χ0) is 18.7. The van der Waals surface area contributed by atoms with Gasteiger partial charge in [-0.1, -0.05) is 0 Å². The standard InChI is InChI=1S/C17H14FN3O4S/c18-10-5-6-13(21(23)24)14(7-10)25-9-16(22)20-17-12(8-19)11-3-1-2-4-15(11)26-17/h5-7H,1-4,9H2,(H,20,22). The predicted molar refractivity (Wildman–Crippen MR) is 92.9 cm³/mol. The molecule has 0 saturated heterocycles. The first-order chi connectivity index (χ1) is 12.5. The summed E-state index contributed by atoms with van der Waals surface area (Å²) in [6.07, 6.45) is 3.77. The Morgan fingerprint density at radius 2 is 2.19 bits per heavy atom. The number of hydrogen-bond acceptors (Lipinski definition) is 6. The number of nitrogens with zero attached hydrogens (tertiary/aromatic N) is 2. The Kier molecular flexibility index (Phi) is 5.14. The third-order valence-corrected chi connectivity index (χ3v) is 5.22.